The minimum atomic E-state index is -4.86. The van der Waals surface area contributed by atoms with Crippen molar-refractivity contribution in [1.82, 2.24) is 10.3 Å². The van der Waals surface area contributed by atoms with Crippen LogP contribution in [-0.2, 0) is 16.5 Å². The minimum absolute atomic E-state index is 0.0548. The molecule has 1 heterocycles. The van der Waals surface area contributed by atoms with E-state index in [0.717, 1.165) is 6.07 Å². The Morgan fingerprint density at radius 1 is 1.26 bits per heavy atom. The van der Waals surface area contributed by atoms with Crippen LogP contribution in [0.1, 0.15) is 23.2 Å². The van der Waals surface area contributed by atoms with Crippen LogP contribution in [0.5, 0.6) is 0 Å². The van der Waals surface area contributed by atoms with Crippen LogP contribution in [0.25, 0.3) is 0 Å². The Balaban J connectivity index is 2.82. The second-order valence-corrected chi connectivity index (χ2v) is 6.43. The highest BCUT2D eigenvalue weighted by Crippen LogP contribution is 2.37. The highest BCUT2D eigenvalue weighted by Gasteiger charge is 2.41. The molecule has 1 aromatic heterocycles. The molecule has 0 bridgehead atoms. The summed E-state index contributed by atoms with van der Waals surface area (Å²) in [5.74, 6) is -2.62. The zero-order valence-electron chi connectivity index (χ0n) is 13.3. The molecule has 1 aromatic carbocycles. The Bertz CT molecular complexity index is 859. The van der Waals surface area contributed by atoms with E-state index in [9.17, 15) is 27.5 Å². The van der Waals surface area contributed by atoms with E-state index in [1.165, 1.54) is 18.3 Å². The number of alkyl halides is 3. The van der Waals surface area contributed by atoms with Gasteiger partial charge in [-0.15, -0.1) is 0 Å². The molecule has 0 aliphatic heterocycles. The first-order valence-electron chi connectivity index (χ1n) is 7.24. The lowest BCUT2D eigenvalue weighted by Crippen LogP contribution is -2.51. The molecule has 0 saturated heterocycles. The van der Waals surface area contributed by atoms with Gasteiger partial charge in [0.15, 0.2) is 5.11 Å². The maximum atomic E-state index is 14.0. The number of nitrogens with zero attached hydrogens (tertiary/aromatic N) is 1. The van der Waals surface area contributed by atoms with Crippen molar-refractivity contribution >= 4 is 34.9 Å². The topological polar surface area (TPSA) is 88.2 Å². The molecule has 5 nitrogen and oxygen atoms in total. The minimum Gasteiger partial charge on any atom is -0.481 e. The van der Waals surface area contributed by atoms with Crippen molar-refractivity contribution in [2.24, 2.45) is 5.73 Å². The number of hydrogen-bond acceptors (Lipinski definition) is 3. The van der Waals surface area contributed by atoms with Crippen LogP contribution in [0, 0.1) is 5.82 Å². The van der Waals surface area contributed by atoms with Gasteiger partial charge in [-0.2, -0.15) is 13.2 Å². The number of aliphatic carboxylic acids is 1. The smallest absolute Gasteiger partial charge is 0.416 e. The summed E-state index contributed by atoms with van der Waals surface area (Å²) in [6, 6.07) is 4.32. The SMILES string of the molecule is NC(=S)NC(CC(=O)O)(c1cc(F)cc(C(F)(F)F)c1)c1ccc(Cl)cn1. The van der Waals surface area contributed by atoms with Crippen molar-refractivity contribution in [3.05, 3.63) is 64.2 Å². The van der Waals surface area contributed by atoms with Gasteiger partial charge in [-0.25, -0.2) is 4.39 Å². The molecule has 27 heavy (non-hydrogen) atoms. The summed E-state index contributed by atoms with van der Waals surface area (Å²) in [4.78, 5) is 15.5. The molecule has 1 unspecified atom stereocenters. The van der Waals surface area contributed by atoms with E-state index in [2.05, 4.69) is 10.3 Å². The molecule has 4 N–H and O–H groups in total. The maximum Gasteiger partial charge on any atom is 0.416 e. The fourth-order valence-corrected chi connectivity index (χ4v) is 2.87. The Morgan fingerprint density at radius 3 is 2.37 bits per heavy atom. The van der Waals surface area contributed by atoms with Crippen LogP contribution < -0.4 is 11.1 Å². The molecule has 0 spiro atoms. The van der Waals surface area contributed by atoms with E-state index in [1.54, 1.807) is 0 Å². The predicted molar refractivity (Wildman–Crippen MR) is 93.6 cm³/mol. The summed E-state index contributed by atoms with van der Waals surface area (Å²) >= 11 is 10.5. The van der Waals surface area contributed by atoms with Crippen LogP contribution in [0.3, 0.4) is 0 Å². The van der Waals surface area contributed by atoms with Crippen molar-refractivity contribution in [3.63, 3.8) is 0 Å². The van der Waals surface area contributed by atoms with Crippen molar-refractivity contribution < 1.29 is 27.5 Å². The highest BCUT2D eigenvalue weighted by molar-refractivity contribution is 7.80. The number of benzene rings is 1. The number of carboxylic acid groups (broad SMARTS) is 1. The number of halogens is 5. The first kappa shape index (κ1) is 20.8. The van der Waals surface area contributed by atoms with E-state index in [1.807, 2.05) is 0 Å². The van der Waals surface area contributed by atoms with Gasteiger partial charge >= 0.3 is 12.1 Å². The van der Waals surface area contributed by atoms with Gasteiger partial charge in [0, 0.05) is 6.20 Å². The number of hydrogen-bond donors (Lipinski definition) is 3. The van der Waals surface area contributed by atoms with Gasteiger partial charge in [-0.3, -0.25) is 9.78 Å². The molecule has 0 saturated carbocycles. The molecule has 2 aromatic rings. The van der Waals surface area contributed by atoms with Crippen LogP contribution in [0.2, 0.25) is 5.02 Å². The average Bonchev–Trinajstić information content (AvgIpc) is 2.52. The third kappa shape index (κ3) is 4.83. The lowest BCUT2D eigenvalue weighted by molar-refractivity contribution is -0.138. The highest BCUT2D eigenvalue weighted by atomic mass is 35.5. The zero-order chi connectivity index (χ0) is 20.4. The predicted octanol–water partition coefficient (Wildman–Crippen LogP) is 3.44. The van der Waals surface area contributed by atoms with Crippen molar-refractivity contribution in [2.45, 2.75) is 18.1 Å². The molecule has 0 aliphatic rings. The number of rotatable bonds is 5. The summed E-state index contributed by atoms with van der Waals surface area (Å²) < 4.78 is 53.4. The summed E-state index contributed by atoms with van der Waals surface area (Å²) in [6.07, 6.45) is -4.51. The van der Waals surface area contributed by atoms with Gasteiger partial charge in [-0.1, -0.05) is 11.6 Å². The van der Waals surface area contributed by atoms with Crippen LogP contribution in [-0.4, -0.2) is 21.2 Å². The number of pyridine rings is 1. The number of nitrogens with two attached hydrogens (primary N) is 1. The fraction of sp³-hybridized carbons (Fsp3) is 0.188. The Labute approximate surface area is 161 Å². The fourth-order valence-electron chi connectivity index (χ4n) is 2.59. The summed E-state index contributed by atoms with van der Waals surface area (Å²) in [6.45, 7) is 0. The molecule has 0 aliphatic carbocycles. The third-order valence-electron chi connectivity index (χ3n) is 3.64. The molecule has 0 fully saturated rings. The van der Waals surface area contributed by atoms with E-state index in [0.29, 0.717) is 12.1 Å². The van der Waals surface area contributed by atoms with Crippen molar-refractivity contribution in [2.75, 3.05) is 0 Å². The van der Waals surface area contributed by atoms with Crippen molar-refractivity contribution in [3.8, 4) is 0 Å². The Hall–Kier alpha value is -2.46. The number of thiocarbonyl (C=S) groups is 1. The first-order chi connectivity index (χ1) is 12.4. The number of carbonyl (C=O) groups is 1. The molecule has 0 radical (unpaired) electrons. The quantitative estimate of drug-likeness (QED) is 0.506. The molecule has 1 atom stereocenters. The molecule has 144 valence electrons. The average molecular weight is 422 g/mol. The third-order valence-corrected chi connectivity index (χ3v) is 3.96. The number of carboxylic acids is 1. The molecule has 0 amide bonds. The lowest BCUT2D eigenvalue weighted by Gasteiger charge is -2.34. The normalized spacial score (nSPS) is 13.7. The molecular weight excluding hydrogens is 410 g/mol. The van der Waals surface area contributed by atoms with E-state index in [4.69, 9.17) is 29.6 Å². The maximum absolute atomic E-state index is 14.0. The van der Waals surface area contributed by atoms with Crippen LogP contribution in [0.15, 0.2) is 36.5 Å². The Kier molecular flexibility index (Phi) is 5.91. The summed E-state index contributed by atoms with van der Waals surface area (Å²) in [5, 5.41) is 11.6. The molecular formula is C16H12ClF4N3O2S. The second-order valence-electron chi connectivity index (χ2n) is 5.55. The van der Waals surface area contributed by atoms with Gasteiger partial charge in [-0.05, 0) is 48.1 Å². The largest absolute Gasteiger partial charge is 0.481 e. The second kappa shape index (κ2) is 7.65. The summed E-state index contributed by atoms with van der Waals surface area (Å²) in [7, 11) is 0. The van der Waals surface area contributed by atoms with Gasteiger partial charge in [0.05, 0.1) is 22.7 Å². The first-order valence-corrected chi connectivity index (χ1v) is 8.02. The monoisotopic (exact) mass is 421 g/mol. The standard InChI is InChI=1S/C16H12ClF4N3O2S/c17-10-1-2-12(23-7-10)15(6-13(25)26,24-14(22)27)8-3-9(16(19,20)21)5-11(18)4-8/h1-5,7H,6H2,(H,25,26)(H3,22,24,27). The van der Waals surface area contributed by atoms with Gasteiger partial charge in [0.25, 0.3) is 0 Å². The molecule has 2 rings (SSSR count). The number of nitrogens with one attached hydrogen (secondary N) is 1. The van der Waals surface area contributed by atoms with Gasteiger partial charge in [0.2, 0.25) is 0 Å². The van der Waals surface area contributed by atoms with Crippen LogP contribution in [0.4, 0.5) is 17.6 Å². The summed E-state index contributed by atoms with van der Waals surface area (Å²) in [5.41, 5.74) is 1.81. The van der Waals surface area contributed by atoms with Crippen molar-refractivity contribution in [1.29, 1.82) is 0 Å². The van der Waals surface area contributed by atoms with E-state index < -0.39 is 40.6 Å². The van der Waals surface area contributed by atoms with Gasteiger partial charge in [0.1, 0.15) is 11.4 Å². The van der Waals surface area contributed by atoms with Gasteiger partial charge < -0.3 is 16.2 Å². The number of aromatic nitrogens is 1. The van der Waals surface area contributed by atoms with E-state index >= 15 is 0 Å². The zero-order valence-corrected chi connectivity index (χ0v) is 14.9. The molecule has 11 heteroatoms. The Morgan fingerprint density at radius 2 is 1.89 bits per heavy atom. The van der Waals surface area contributed by atoms with Crippen LogP contribution >= 0.6 is 23.8 Å². The van der Waals surface area contributed by atoms with E-state index in [-0.39, 0.29) is 16.3 Å². The lowest BCUT2D eigenvalue weighted by atomic mass is 9.82.